The van der Waals surface area contributed by atoms with E-state index in [4.69, 9.17) is 0 Å². The molecule has 3 aromatic rings. The maximum Gasteiger partial charge on any atom is 0.251 e. The van der Waals surface area contributed by atoms with Crippen LogP contribution >= 0.6 is 0 Å². The Kier molecular flexibility index (Phi) is 4.14. The van der Waals surface area contributed by atoms with Gasteiger partial charge in [0.2, 0.25) is 0 Å². The number of tetrazole rings is 1. The number of carbonyl (C=O) groups is 1. The summed E-state index contributed by atoms with van der Waals surface area (Å²) >= 11 is 0. The molecule has 0 aliphatic rings. The van der Waals surface area contributed by atoms with Crippen molar-refractivity contribution in [2.24, 2.45) is 7.05 Å². The number of nitrogens with zero attached hydrogens (tertiary/aromatic N) is 4. The lowest BCUT2D eigenvalue weighted by Crippen LogP contribution is -2.22. The standard InChI is InChI=1S/C17H17N5O/c1-12-6-8-13(9-7-12)11-18-17(23)15-5-3-4-14(10-15)16-19-20-21-22(16)2/h3-10H,11H2,1-2H3,(H,18,23). The van der Waals surface area contributed by atoms with Crippen LogP contribution in [0.15, 0.2) is 48.5 Å². The minimum absolute atomic E-state index is 0.123. The van der Waals surface area contributed by atoms with Gasteiger partial charge in [0.25, 0.3) is 5.91 Å². The summed E-state index contributed by atoms with van der Waals surface area (Å²) in [5, 5.41) is 14.3. The van der Waals surface area contributed by atoms with Crippen LogP contribution in [0, 0.1) is 6.92 Å². The van der Waals surface area contributed by atoms with Crippen LogP contribution in [0.2, 0.25) is 0 Å². The zero-order valence-electron chi connectivity index (χ0n) is 13.0. The average Bonchev–Trinajstić information content (AvgIpc) is 3.00. The highest BCUT2D eigenvalue weighted by molar-refractivity contribution is 5.95. The van der Waals surface area contributed by atoms with Gasteiger partial charge in [-0.3, -0.25) is 4.79 Å². The van der Waals surface area contributed by atoms with Crippen LogP contribution in [0.3, 0.4) is 0 Å². The second-order valence-corrected chi connectivity index (χ2v) is 5.38. The van der Waals surface area contributed by atoms with E-state index in [0.29, 0.717) is 17.9 Å². The van der Waals surface area contributed by atoms with Crippen LogP contribution in [0.5, 0.6) is 0 Å². The Bertz CT molecular complexity index is 823. The molecule has 0 saturated carbocycles. The Hall–Kier alpha value is -3.02. The molecule has 0 unspecified atom stereocenters. The Balaban J connectivity index is 1.72. The normalized spacial score (nSPS) is 10.5. The molecule has 0 aliphatic carbocycles. The molecule has 0 bridgehead atoms. The first-order chi connectivity index (χ1) is 11.1. The number of hydrogen-bond donors (Lipinski definition) is 1. The predicted octanol–water partition coefficient (Wildman–Crippen LogP) is 2.12. The quantitative estimate of drug-likeness (QED) is 0.801. The summed E-state index contributed by atoms with van der Waals surface area (Å²) in [6.45, 7) is 2.53. The van der Waals surface area contributed by atoms with E-state index in [1.807, 2.05) is 43.3 Å². The molecule has 1 aromatic heterocycles. The van der Waals surface area contributed by atoms with E-state index in [2.05, 4.69) is 20.8 Å². The average molecular weight is 307 g/mol. The van der Waals surface area contributed by atoms with Crippen molar-refractivity contribution in [1.82, 2.24) is 25.5 Å². The number of hydrogen-bond acceptors (Lipinski definition) is 4. The molecule has 0 aliphatic heterocycles. The Morgan fingerprint density at radius 2 is 1.96 bits per heavy atom. The second-order valence-electron chi connectivity index (χ2n) is 5.38. The fourth-order valence-electron chi connectivity index (χ4n) is 2.26. The molecule has 1 amide bonds. The van der Waals surface area contributed by atoms with Gasteiger partial charge in [-0.2, -0.15) is 0 Å². The summed E-state index contributed by atoms with van der Waals surface area (Å²) in [4.78, 5) is 12.3. The number of amides is 1. The monoisotopic (exact) mass is 307 g/mol. The van der Waals surface area contributed by atoms with E-state index >= 15 is 0 Å². The van der Waals surface area contributed by atoms with E-state index in [9.17, 15) is 4.79 Å². The molecule has 0 saturated heterocycles. The summed E-state index contributed by atoms with van der Waals surface area (Å²) in [6, 6.07) is 15.3. The lowest BCUT2D eigenvalue weighted by molar-refractivity contribution is 0.0951. The second kappa shape index (κ2) is 6.39. The van der Waals surface area contributed by atoms with E-state index < -0.39 is 0 Å². The lowest BCUT2D eigenvalue weighted by Gasteiger charge is -2.07. The molecule has 6 heteroatoms. The maximum atomic E-state index is 12.3. The molecule has 0 spiro atoms. The van der Waals surface area contributed by atoms with Crippen molar-refractivity contribution in [2.45, 2.75) is 13.5 Å². The van der Waals surface area contributed by atoms with Gasteiger partial charge in [0.05, 0.1) is 0 Å². The third kappa shape index (κ3) is 3.42. The molecule has 2 aromatic carbocycles. The first kappa shape index (κ1) is 14.9. The number of aromatic nitrogens is 4. The van der Waals surface area contributed by atoms with Crippen LogP contribution in [-0.4, -0.2) is 26.1 Å². The van der Waals surface area contributed by atoms with Crippen LogP contribution in [0.4, 0.5) is 0 Å². The van der Waals surface area contributed by atoms with Crippen molar-refractivity contribution in [2.75, 3.05) is 0 Å². The van der Waals surface area contributed by atoms with Crippen molar-refractivity contribution in [3.63, 3.8) is 0 Å². The van der Waals surface area contributed by atoms with Crippen molar-refractivity contribution >= 4 is 5.91 Å². The van der Waals surface area contributed by atoms with Crippen molar-refractivity contribution in [1.29, 1.82) is 0 Å². The van der Waals surface area contributed by atoms with E-state index in [1.165, 1.54) is 5.56 Å². The van der Waals surface area contributed by atoms with Crippen molar-refractivity contribution in [3.8, 4) is 11.4 Å². The van der Waals surface area contributed by atoms with Gasteiger partial charge in [0, 0.05) is 24.7 Å². The number of aryl methyl sites for hydroxylation is 2. The lowest BCUT2D eigenvalue weighted by atomic mass is 10.1. The van der Waals surface area contributed by atoms with E-state index in [-0.39, 0.29) is 5.91 Å². The number of rotatable bonds is 4. The molecule has 0 fully saturated rings. The first-order valence-electron chi connectivity index (χ1n) is 7.30. The maximum absolute atomic E-state index is 12.3. The highest BCUT2D eigenvalue weighted by atomic mass is 16.1. The first-order valence-corrected chi connectivity index (χ1v) is 7.30. The van der Waals surface area contributed by atoms with Crippen LogP contribution < -0.4 is 5.32 Å². The summed E-state index contributed by atoms with van der Waals surface area (Å²) in [7, 11) is 1.76. The number of nitrogens with one attached hydrogen (secondary N) is 1. The van der Waals surface area contributed by atoms with Crippen LogP contribution in [-0.2, 0) is 13.6 Å². The van der Waals surface area contributed by atoms with E-state index in [0.717, 1.165) is 11.1 Å². The van der Waals surface area contributed by atoms with Crippen molar-refractivity contribution < 1.29 is 4.79 Å². The highest BCUT2D eigenvalue weighted by Crippen LogP contribution is 2.16. The minimum atomic E-state index is -0.123. The van der Waals surface area contributed by atoms with Gasteiger partial charge in [0.15, 0.2) is 5.82 Å². The number of benzene rings is 2. The van der Waals surface area contributed by atoms with Gasteiger partial charge < -0.3 is 5.32 Å². The fourth-order valence-corrected chi connectivity index (χ4v) is 2.26. The molecular weight excluding hydrogens is 290 g/mol. The third-order valence-corrected chi connectivity index (χ3v) is 3.58. The van der Waals surface area contributed by atoms with Gasteiger partial charge in [-0.05, 0) is 35.0 Å². The van der Waals surface area contributed by atoms with E-state index in [1.54, 1.807) is 23.9 Å². The molecule has 23 heavy (non-hydrogen) atoms. The molecule has 0 atom stereocenters. The molecule has 3 rings (SSSR count). The van der Waals surface area contributed by atoms with Crippen molar-refractivity contribution in [3.05, 3.63) is 65.2 Å². The Morgan fingerprint density at radius 3 is 2.65 bits per heavy atom. The molecule has 116 valence electrons. The van der Waals surface area contributed by atoms with Crippen LogP contribution in [0.1, 0.15) is 21.5 Å². The van der Waals surface area contributed by atoms with Gasteiger partial charge >= 0.3 is 0 Å². The Labute approximate surface area is 134 Å². The topological polar surface area (TPSA) is 72.7 Å². The predicted molar refractivity (Wildman–Crippen MR) is 86.6 cm³/mol. The largest absolute Gasteiger partial charge is 0.348 e. The Morgan fingerprint density at radius 1 is 1.17 bits per heavy atom. The SMILES string of the molecule is Cc1ccc(CNC(=O)c2cccc(-c3nnnn3C)c2)cc1. The highest BCUT2D eigenvalue weighted by Gasteiger charge is 2.10. The molecule has 1 N–H and O–H groups in total. The smallest absolute Gasteiger partial charge is 0.251 e. The zero-order valence-corrected chi connectivity index (χ0v) is 13.0. The van der Waals surface area contributed by atoms with Gasteiger partial charge in [-0.1, -0.05) is 42.0 Å². The van der Waals surface area contributed by atoms with Crippen LogP contribution in [0.25, 0.3) is 11.4 Å². The molecule has 6 nitrogen and oxygen atoms in total. The molecule has 1 heterocycles. The number of carbonyl (C=O) groups excluding carboxylic acids is 1. The minimum Gasteiger partial charge on any atom is -0.348 e. The van der Waals surface area contributed by atoms with Gasteiger partial charge in [-0.15, -0.1) is 5.10 Å². The fraction of sp³-hybridized carbons (Fsp3) is 0.176. The summed E-state index contributed by atoms with van der Waals surface area (Å²) in [5.41, 5.74) is 3.65. The van der Waals surface area contributed by atoms with Gasteiger partial charge in [-0.25, -0.2) is 4.68 Å². The summed E-state index contributed by atoms with van der Waals surface area (Å²) < 4.78 is 1.57. The zero-order chi connectivity index (χ0) is 16.2. The summed E-state index contributed by atoms with van der Waals surface area (Å²) in [6.07, 6.45) is 0. The third-order valence-electron chi connectivity index (χ3n) is 3.58. The van der Waals surface area contributed by atoms with Gasteiger partial charge in [0.1, 0.15) is 0 Å². The molecule has 0 radical (unpaired) electrons. The molecular formula is C17H17N5O. The summed E-state index contributed by atoms with van der Waals surface area (Å²) in [5.74, 6) is 0.501.